The minimum Gasteiger partial charge on any atom is -1.00 e. The third-order valence-corrected chi connectivity index (χ3v) is 4.28. The normalized spacial score (nSPS) is 10.6. The Morgan fingerprint density at radius 2 is 1.96 bits per heavy atom. The van der Waals surface area contributed by atoms with Crippen LogP contribution in [0, 0.1) is 6.92 Å². The molecule has 3 aromatic rings. The van der Waals surface area contributed by atoms with Gasteiger partial charge in [-0.3, -0.25) is 9.48 Å². The van der Waals surface area contributed by atoms with Gasteiger partial charge in [0.15, 0.2) is 5.78 Å². The molecule has 0 fully saturated rings. The standard InChI is InChI=1S/C19H19ClN2O.BrH/c1-3-6-18(23)19-15-7-4-5-8-17(15)22(21-19)12-14-10-9-13(2)11-16(14)20;/h4-5,7-11H,3,6,12H2,1-2H3;1H/p-1. The number of aryl methyl sites for hydroxylation is 1. The van der Waals surface area contributed by atoms with Crippen LogP contribution in [0.1, 0.15) is 41.4 Å². The Hall–Kier alpha value is -1.65. The van der Waals surface area contributed by atoms with Crippen LogP contribution in [-0.4, -0.2) is 15.6 Å². The smallest absolute Gasteiger partial charge is 0.183 e. The molecule has 126 valence electrons. The first-order chi connectivity index (χ1) is 11.1. The number of benzene rings is 2. The SMILES string of the molecule is CCCC(=O)c1nn(Cc2ccc(C)cc2Cl)c2ccccc12.[Br-]. The summed E-state index contributed by atoms with van der Waals surface area (Å²) in [7, 11) is 0. The predicted octanol–water partition coefficient (Wildman–Crippen LogP) is 2.03. The van der Waals surface area contributed by atoms with Gasteiger partial charge in [-0.25, -0.2) is 0 Å². The molecule has 0 aliphatic heterocycles. The highest BCUT2D eigenvalue weighted by Crippen LogP contribution is 2.24. The maximum atomic E-state index is 12.3. The summed E-state index contributed by atoms with van der Waals surface area (Å²) in [6.07, 6.45) is 1.34. The van der Waals surface area contributed by atoms with Gasteiger partial charge in [0.1, 0.15) is 5.69 Å². The van der Waals surface area contributed by atoms with E-state index in [1.165, 1.54) is 0 Å². The van der Waals surface area contributed by atoms with Crippen molar-refractivity contribution < 1.29 is 21.8 Å². The molecular formula is C19H19BrClN2O-. The molecule has 0 unspecified atom stereocenters. The van der Waals surface area contributed by atoms with Gasteiger partial charge in [-0.15, -0.1) is 0 Å². The van der Waals surface area contributed by atoms with Crippen LogP contribution in [0.3, 0.4) is 0 Å². The van der Waals surface area contributed by atoms with Crippen molar-refractivity contribution in [3.05, 3.63) is 64.3 Å². The second-order valence-corrected chi connectivity index (χ2v) is 6.20. The summed E-state index contributed by atoms with van der Waals surface area (Å²) in [6.45, 7) is 4.57. The molecule has 0 N–H and O–H groups in total. The van der Waals surface area contributed by atoms with Gasteiger partial charge in [0.05, 0.1) is 12.1 Å². The van der Waals surface area contributed by atoms with Gasteiger partial charge in [0.2, 0.25) is 0 Å². The molecular weight excluding hydrogens is 388 g/mol. The Labute approximate surface area is 157 Å². The molecule has 0 aliphatic rings. The minimum atomic E-state index is 0. The van der Waals surface area contributed by atoms with E-state index >= 15 is 0 Å². The zero-order valence-electron chi connectivity index (χ0n) is 13.7. The molecule has 1 heterocycles. The maximum Gasteiger partial charge on any atom is 0.183 e. The van der Waals surface area contributed by atoms with Crippen molar-refractivity contribution in [2.45, 2.75) is 33.2 Å². The van der Waals surface area contributed by atoms with Crippen molar-refractivity contribution in [3.63, 3.8) is 0 Å². The fraction of sp³-hybridized carbons (Fsp3) is 0.263. The summed E-state index contributed by atoms with van der Waals surface area (Å²) in [5.74, 6) is 0.0949. The number of hydrogen-bond donors (Lipinski definition) is 0. The zero-order chi connectivity index (χ0) is 16.4. The molecule has 1 aromatic heterocycles. The molecule has 0 radical (unpaired) electrons. The fourth-order valence-corrected chi connectivity index (χ4v) is 3.04. The number of ketones is 1. The molecule has 0 saturated heterocycles. The summed E-state index contributed by atoms with van der Waals surface area (Å²) in [5.41, 5.74) is 3.65. The van der Waals surface area contributed by atoms with Crippen LogP contribution >= 0.6 is 11.6 Å². The maximum absolute atomic E-state index is 12.3. The van der Waals surface area contributed by atoms with Gasteiger partial charge in [-0.05, 0) is 36.6 Å². The van der Waals surface area contributed by atoms with Crippen molar-refractivity contribution in [3.8, 4) is 0 Å². The first kappa shape index (κ1) is 18.7. The van der Waals surface area contributed by atoms with Crippen molar-refractivity contribution in [2.24, 2.45) is 0 Å². The summed E-state index contributed by atoms with van der Waals surface area (Å²) in [6, 6.07) is 13.9. The third-order valence-electron chi connectivity index (χ3n) is 3.93. The van der Waals surface area contributed by atoms with E-state index < -0.39 is 0 Å². The molecule has 0 aliphatic carbocycles. The second-order valence-electron chi connectivity index (χ2n) is 5.79. The van der Waals surface area contributed by atoms with Crippen LogP contribution in [0.2, 0.25) is 5.02 Å². The van der Waals surface area contributed by atoms with Crippen molar-refractivity contribution in [1.82, 2.24) is 9.78 Å². The lowest BCUT2D eigenvalue weighted by Crippen LogP contribution is -3.00. The van der Waals surface area contributed by atoms with Crippen molar-refractivity contribution in [2.75, 3.05) is 0 Å². The molecule has 24 heavy (non-hydrogen) atoms. The molecule has 0 amide bonds. The van der Waals surface area contributed by atoms with E-state index in [1.54, 1.807) is 0 Å². The summed E-state index contributed by atoms with van der Waals surface area (Å²) in [5, 5.41) is 6.21. The van der Waals surface area contributed by atoms with E-state index in [4.69, 9.17) is 11.6 Å². The van der Waals surface area contributed by atoms with Gasteiger partial charge in [0.25, 0.3) is 0 Å². The molecule has 3 rings (SSSR count). The van der Waals surface area contributed by atoms with E-state index in [0.717, 1.165) is 33.5 Å². The average Bonchev–Trinajstić information content (AvgIpc) is 2.89. The molecule has 0 atom stereocenters. The van der Waals surface area contributed by atoms with Gasteiger partial charge >= 0.3 is 0 Å². The quantitative estimate of drug-likeness (QED) is 0.608. The zero-order valence-corrected chi connectivity index (χ0v) is 16.1. The van der Waals surface area contributed by atoms with E-state index in [9.17, 15) is 4.79 Å². The number of carbonyl (C=O) groups is 1. The highest BCUT2D eigenvalue weighted by molar-refractivity contribution is 6.31. The number of carbonyl (C=O) groups excluding carboxylic acids is 1. The van der Waals surface area contributed by atoms with Gasteiger partial charge < -0.3 is 17.0 Å². The number of hydrogen-bond acceptors (Lipinski definition) is 2. The number of para-hydroxylation sites is 1. The first-order valence-electron chi connectivity index (χ1n) is 7.84. The fourth-order valence-electron chi connectivity index (χ4n) is 2.74. The lowest BCUT2D eigenvalue weighted by molar-refractivity contribution is -0.0000127. The third kappa shape index (κ3) is 3.70. The van der Waals surface area contributed by atoms with Crippen molar-refractivity contribution in [1.29, 1.82) is 0 Å². The van der Waals surface area contributed by atoms with Crippen LogP contribution in [0.5, 0.6) is 0 Å². The van der Waals surface area contributed by atoms with Crippen LogP contribution in [0.15, 0.2) is 42.5 Å². The van der Waals surface area contributed by atoms with E-state index in [1.807, 2.05) is 61.0 Å². The second kappa shape index (κ2) is 7.95. The Kier molecular flexibility index (Phi) is 6.19. The van der Waals surface area contributed by atoms with E-state index in [-0.39, 0.29) is 22.8 Å². The first-order valence-corrected chi connectivity index (χ1v) is 8.21. The van der Waals surface area contributed by atoms with Gasteiger partial charge in [0, 0.05) is 16.8 Å². The topological polar surface area (TPSA) is 34.9 Å². The number of Topliss-reactive ketones (excluding diaryl/α,β-unsaturated/α-hetero) is 1. The number of halogens is 2. The predicted molar refractivity (Wildman–Crippen MR) is 94.3 cm³/mol. The molecule has 0 saturated carbocycles. The molecule has 5 heteroatoms. The van der Waals surface area contributed by atoms with Crippen LogP contribution in [0.4, 0.5) is 0 Å². The number of aromatic nitrogens is 2. The largest absolute Gasteiger partial charge is 1.00 e. The lowest BCUT2D eigenvalue weighted by atomic mass is 10.1. The number of rotatable bonds is 5. The summed E-state index contributed by atoms with van der Waals surface area (Å²) in [4.78, 5) is 12.3. The minimum absolute atomic E-state index is 0. The lowest BCUT2D eigenvalue weighted by Gasteiger charge is -2.07. The number of nitrogens with zero attached hydrogens (tertiary/aromatic N) is 2. The molecule has 0 bridgehead atoms. The Bertz CT molecular complexity index is 873. The average molecular weight is 407 g/mol. The van der Waals surface area contributed by atoms with Crippen LogP contribution in [-0.2, 0) is 6.54 Å². The van der Waals surface area contributed by atoms with Gasteiger partial charge in [-0.1, -0.05) is 48.9 Å². The molecule has 2 aromatic carbocycles. The number of fused-ring (bicyclic) bond motifs is 1. The summed E-state index contributed by atoms with van der Waals surface area (Å²) < 4.78 is 1.87. The van der Waals surface area contributed by atoms with E-state index in [0.29, 0.717) is 18.7 Å². The van der Waals surface area contributed by atoms with E-state index in [2.05, 4.69) is 5.10 Å². The molecule has 0 spiro atoms. The Balaban J connectivity index is 0.00000208. The Morgan fingerprint density at radius 3 is 2.67 bits per heavy atom. The monoisotopic (exact) mass is 405 g/mol. The van der Waals surface area contributed by atoms with Crippen LogP contribution < -0.4 is 17.0 Å². The van der Waals surface area contributed by atoms with Crippen LogP contribution in [0.25, 0.3) is 10.9 Å². The van der Waals surface area contributed by atoms with Crippen molar-refractivity contribution >= 4 is 28.3 Å². The molecule has 3 nitrogen and oxygen atoms in total. The highest BCUT2D eigenvalue weighted by Gasteiger charge is 2.16. The Morgan fingerprint density at radius 1 is 1.21 bits per heavy atom. The summed E-state index contributed by atoms with van der Waals surface area (Å²) >= 11 is 6.34. The van der Waals surface area contributed by atoms with Gasteiger partial charge in [-0.2, -0.15) is 5.10 Å². The highest BCUT2D eigenvalue weighted by atomic mass is 79.9.